The molecule has 0 radical (unpaired) electrons. The van der Waals surface area contributed by atoms with E-state index in [1.54, 1.807) is 0 Å². The summed E-state index contributed by atoms with van der Waals surface area (Å²) in [5.74, 6) is 0. The van der Waals surface area contributed by atoms with Gasteiger partial charge in [0.05, 0.1) is 0 Å². The summed E-state index contributed by atoms with van der Waals surface area (Å²) in [6.07, 6.45) is 0.0231. The molecule has 1 saturated heterocycles. The predicted molar refractivity (Wildman–Crippen MR) is 24.8 cm³/mol. The number of hydrogen-bond acceptors (Lipinski definition) is 1. The first-order valence-electron chi connectivity index (χ1n) is 1.77. The van der Waals surface area contributed by atoms with Crippen LogP contribution in [0.15, 0.2) is 0 Å². The first-order chi connectivity index (χ1) is 2.39. The van der Waals surface area contributed by atoms with Gasteiger partial charge in [-0.1, -0.05) is 0 Å². The van der Waals surface area contributed by atoms with Gasteiger partial charge in [0.1, 0.15) is 0 Å². The van der Waals surface area contributed by atoms with Crippen LogP contribution in [0.2, 0.25) is 0 Å². The fourth-order valence-electron chi connectivity index (χ4n) is 0.253. The molecule has 38 valence electrons. The SMILES string of the molecule is Cl.FC1CCN1. The Kier molecular flexibility index (Phi) is 2.44. The Hall–Kier alpha value is 0.180. The molecule has 0 aromatic heterocycles. The molecule has 0 spiro atoms. The monoisotopic (exact) mass is 111 g/mol. The van der Waals surface area contributed by atoms with E-state index in [4.69, 9.17) is 0 Å². The van der Waals surface area contributed by atoms with Crippen molar-refractivity contribution in [3.05, 3.63) is 0 Å². The Bertz CT molecular complexity index is 37.8. The minimum atomic E-state index is -0.685. The average Bonchev–Trinajstić information content (AvgIpc) is 1.30. The van der Waals surface area contributed by atoms with Crippen LogP contribution in [-0.2, 0) is 0 Å². The smallest absolute Gasteiger partial charge is 0.152 e. The third kappa shape index (κ3) is 1.11. The molecule has 0 aromatic rings. The summed E-state index contributed by atoms with van der Waals surface area (Å²) >= 11 is 0. The van der Waals surface area contributed by atoms with Gasteiger partial charge < -0.3 is 0 Å². The molecule has 1 rings (SSSR count). The maximum atomic E-state index is 11.4. The van der Waals surface area contributed by atoms with Crippen molar-refractivity contribution in [2.75, 3.05) is 6.54 Å². The lowest BCUT2D eigenvalue weighted by Crippen LogP contribution is -2.38. The van der Waals surface area contributed by atoms with E-state index in [2.05, 4.69) is 5.32 Å². The van der Waals surface area contributed by atoms with Gasteiger partial charge in [0.15, 0.2) is 6.30 Å². The highest BCUT2D eigenvalue weighted by Gasteiger charge is 2.12. The van der Waals surface area contributed by atoms with Crippen molar-refractivity contribution in [2.24, 2.45) is 0 Å². The van der Waals surface area contributed by atoms with Crippen LogP contribution < -0.4 is 5.32 Å². The summed E-state index contributed by atoms with van der Waals surface area (Å²) in [4.78, 5) is 0. The van der Waals surface area contributed by atoms with E-state index >= 15 is 0 Å². The second kappa shape index (κ2) is 2.37. The van der Waals surface area contributed by atoms with Gasteiger partial charge in [-0.25, -0.2) is 4.39 Å². The van der Waals surface area contributed by atoms with Gasteiger partial charge in [-0.2, -0.15) is 0 Å². The van der Waals surface area contributed by atoms with Crippen LogP contribution in [0, 0.1) is 0 Å². The van der Waals surface area contributed by atoms with Crippen LogP contribution >= 0.6 is 12.4 Å². The quantitative estimate of drug-likeness (QED) is 0.454. The normalized spacial score (nSPS) is 30.5. The molecule has 1 aliphatic rings. The minimum absolute atomic E-state index is 0. The second-order valence-corrected chi connectivity index (χ2v) is 1.21. The van der Waals surface area contributed by atoms with Gasteiger partial charge in [-0.3, -0.25) is 5.32 Å². The lowest BCUT2D eigenvalue weighted by atomic mass is 10.3. The highest BCUT2D eigenvalue weighted by atomic mass is 35.5. The summed E-state index contributed by atoms with van der Waals surface area (Å²) in [6, 6.07) is 0. The molecular formula is C3H7ClFN. The molecule has 1 aliphatic heterocycles. The fourth-order valence-corrected chi connectivity index (χ4v) is 0.253. The molecule has 0 saturated carbocycles. The van der Waals surface area contributed by atoms with Crippen molar-refractivity contribution in [1.82, 2.24) is 5.32 Å². The van der Waals surface area contributed by atoms with E-state index in [0.717, 1.165) is 6.54 Å². The lowest BCUT2D eigenvalue weighted by molar-refractivity contribution is 0.184. The van der Waals surface area contributed by atoms with Crippen molar-refractivity contribution < 1.29 is 4.39 Å². The van der Waals surface area contributed by atoms with E-state index in [1.807, 2.05) is 0 Å². The van der Waals surface area contributed by atoms with E-state index in [9.17, 15) is 4.39 Å². The van der Waals surface area contributed by atoms with Crippen LogP contribution in [0.4, 0.5) is 4.39 Å². The number of hydrogen-bond donors (Lipinski definition) is 1. The Morgan fingerprint density at radius 3 is 2.00 bits per heavy atom. The zero-order chi connectivity index (χ0) is 3.70. The molecule has 0 aromatic carbocycles. The Labute approximate surface area is 42.3 Å². The molecular weight excluding hydrogens is 104 g/mol. The Morgan fingerprint density at radius 1 is 1.67 bits per heavy atom. The largest absolute Gasteiger partial charge is 0.288 e. The number of halogens is 2. The fraction of sp³-hybridized carbons (Fsp3) is 1.00. The molecule has 3 heteroatoms. The van der Waals surface area contributed by atoms with Gasteiger partial charge in [-0.15, -0.1) is 12.4 Å². The maximum absolute atomic E-state index is 11.4. The van der Waals surface area contributed by atoms with Crippen LogP contribution in [-0.4, -0.2) is 12.8 Å². The lowest BCUT2D eigenvalue weighted by Gasteiger charge is -2.17. The van der Waals surface area contributed by atoms with E-state index in [1.165, 1.54) is 0 Å². The maximum Gasteiger partial charge on any atom is 0.152 e. The van der Waals surface area contributed by atoms with E-state index in [0.29, 0.717) is 6.42 Å². The van der Waals surface area contributed by atoms with Crippen molar-refractivity contribution in [3.8, 4) is 0 Å². The summed E-state index contributed by atoms with van der Waals surface area (Å²) < 4.78 is 11.4. The van der Waals surface area contributed by atoms with Crippen LogP contribution in [0.5, 0.6) is 0 Å². The van der Waals surface area contributed by atoms with Gasteiger partial charge in [0.25, 0.3) is 0 Å². The standard InChI is InChI=1S/C3H6FN.ClH/c4-3-1-2-5-3;/h3,5H,1-2H2;1H. The Morgan fingerprint density at radius 2 is 2.00 bits per heavy atom. The summed E-state index contributed by atoms with van der Waals surface area (Å²) in [5.41, 5.74) is 0. The molecule has 0 aliphatic carbocycles. The first kappa shape index (κ1) is 6.18. The van der Waals surface area contributed by atoms with Gasteiger partial charge >= 0.3 is 0 Å². The van der Waals surface area contributed by atoms with Gasteiger partial charge in [-0.05, 0) is 0 Å². The topological polar surface area (TPSA) is 12.0 Å². The third-order valence-electron chi connectivity index (χ3n) is 0.764. The number of nitrogens with one attached hydrogen (secondary N) is 1. The molecule has 1 heterocycles. The molecule has 6 heavy (non-hydrogen) atoms. The van der Waals surface area contributed by atoms with Crippen molar-refractivity contribution in [3.63, 3.8) is 0 Å². The number of alkyl halides is 1. The van der Waals surface area contributed by atoms with E-state index < -0.39 is 6.30 Å². The Balaban J connectivity index is 0.000000250. The van der Waals surface area contributed by atoms with Crippen LogP contribution in [0.3, 0.4) is 0 Å². The summed E-state index contributed by atoms with van der Waals surface area (Å²) in [7, 11) is 0. The van der Waals surface area contributed by atoms with Crippen LogP contribution in [0.1, 0.15) is 6.42 Å². The zero-order valence-electron chi connectivity index (χ0n) is 3.28. The van der Waals surface area contributed by atoms with Crippen molar-refractivity contribution >= 4 is 12.4 Å². The minimum Gasteiger partial charge on any atom is -0.288 e. The molecule has 1 nitrogen and oxygen atoms in total. The van der Waals surface area contributed by atoms with Gasteiger partial charge in [0.2, 0.25) is 0 Å². The molecule has 1 N–H and O–H groups in total. The molecule has 1 fully saturated rings. The molecule has 1 unspecified atom stereocenters. The zero-order valence-corrected chi connectivity index (χ0v) is 4.09. The molecule has 0 amide bonds. The average molecular weight is 112 g/mol. The highest BCUT2D eigenvalue weighted by Crippen LogP contribution is 1.99. The number of rotatable bonds is 0. The second-order valence-electron chi connectivity index (χ2n) is 1.21. The van der Waals surface area contributed by atoms with Crippen molar-refractivity contribution in [1.29, 1.82) is 0 Å². The molecule has 1 atom stereocenters. The first-order valence-corrected chi connectivity index (χ1v) is 1.77. The van der Waals surface area contributed by atoms with E-state index in [-0.39, 0.29) is 12.4 Å². The summed E-state index contributed by atoms with van der Waals surface area (Å²) in [5, 5.41) is 2.54. The summed E-state index contributed by atoms with van der Waals surface area (Å²) in [6.45, 7) is 0.862. The highest BCUT2D eigenvalue weighted by molar-refractivity contribution is 5.85. The third-order valence-corrected chi connectivity index (χ3v) is 0.764. The predicted octanol–water partition coefficient (Wildman–Crippen LogP) is 0.697. The van der Waals surface area contributed by atoms with Gasteiger partial charge in [0, 0.05) is 13.0 Å². The van der Waals surface area contributed by atoms with Crippen LogP contribution in [0.25, 0.3) is 0 Å². The van der Waals surface area contributed by atoms with Crippen molar-refractivity contribution in [2.45, 2.75) is 12.7 Å². The molecule has 0 bridgehead atoms.